The lowest BCUT2D eigenvalue weighted by molar-refractivity contribution is -0.144. The molecule has 4 aliphatic heterocycles. The number of anilines is 2. The number of hydrogen-bond acceptors (Lipinski definition) is 5. The second-order valence-corrected chi connectivity index (χ2v) is 12.4. The van der Waals surface area contributed by atoms with Crippen LogP contribution in [0, 0.1) is 24.7 Å². The number of hydrogen-bond donors (Lipinski definition) is 1. The maximum Gasteiger partial charge on any atom is 0.253 e. The first-order chi connectivity index (χ1) is 20.2. The average molecular weight is 590 g/mol. The van der Waals surface area contributed by atoms with Crippen molar-refractivity contribution >= 4 is 40.7 Å². The number of aryl methyl sites for hydroxylation is 1. The summed E-state index contributed by atoms with van der Waals surface area (Å²) in [6.07, 6.45) is 7.20. The molecule has 8 nitrogen and oxygen atoms in total. The molecule has 42 heavy (non-hydrogen) atoms. The molecule has 0 bridgehead atoms. The van der Waals surface area contributed by atoms with Gasteiger partial charge in [0.2, 0.25) is 11.8 Å². The number of aliphatic hydroxyl groups excluding tert-OH is 1. The third kappa shape index (κ3) is 4.39. The topological polar surface area (TPSA) is 90.4 Å². The van der Waals surface area contributed by atoms with Crippen LogP contribution in [0.4, 0.5) is 11.4 Å². The van der Waals surface area contributed by atoms with Gasteiger partial charge in [0.05, 0.1) is 41.3 Å². The molecule has 4 heterocycles. The molecule has 9 heteroatoms. The van der Waals surface area contributed by atoms with E-state index < -0.39 is 35.6 Å². The van der Waals surface area contributed by atoms with Crippen molar-refractivity contribution in [1.82, 2.24) is 4.90 Å². The van der Waals surface area contributed by atoms with E-state index in [0.29, 0.717) is 23.7 Å². The first-order valence-electron chi connectivity index (χ1n) is 14.6. The lowest BCUT2D eigenvalue weighted by atomic mass is 9.77. The van der Waals surface area contributed by atoms with E-state index >= 15 is 0 Å². The lowest BCUT2D eigenvalue weighted by Gasteiger charge is -2.39. The van der Waals surface area contributed by atoms with Crippen molar-refractivity contribution in [2.75, 3.05) is 29.5 Å². The van der Waals surface area contributed by atoms with Crippen LogP contribution in [-0.2, 0) is 19.1 Å². The number of carbonyl (C=O) groups excluding carboxylic acids is 3. The van der Waals surface area contributed by atoms with Gasteiger partial charge >= 0.3 is 0 Å². The van der Waals surface area contributed by atoms with Crippen molar-refractivity contribution in [3.05, 3.63) is 83.4 Å². The standard InChI is InChI=1S/C33H36ClN3O5/c1-20(2)18-23(19-38)37-29-32(41)36(28-21(3)10-7-13-24(28)34)17-9-15-33(29)27(31(37)40)26-25(42-33)14-8-16-35(30(26)39)22-11-5-4-6-12-22/h4-15,20,23,25-27,29,38H,16-19H2,1-3H3/t23-,25+,26-,27+,29?,33+/m1/s1. The Morgan fingerprint density at radius 2 is 1.71 bits per heavy atom. The zero-order valence-corrected chi connectivity index (χ0v) is 24.8. The molecular weight excluding hydrogens is 554 g/mol. The number of likely N-dealkylation sites (tertiary alicyclic amines) is 1. The number of aliphatic hydroxyl groups is 1. The fourth-order valence-electron chi connectivity index (χ4n) is 7.30. The average Bonchev–Trinajstić information content (AvgIpc) is 3.28. The number of nitrogens with zero attached hydrogens (tertiary/aromatic N) is 3. The van der Waals surface area contributed by atoms with E-state index in [1.807, 2.05) is 87.5 Å². The van der Waals surface area contributed by atoms with Crippen LogP contribution in [0.5, 0.6) is 0 Å². The number of fused-ring (bicyclic) bond motifs is 2. The molecule has 6 rings (SSSR count). The van der Waals surface area contributed by atoms with E-state index in [4.69, 9.17) is 16.3 Å². The van der Waals surface area contributed by atoms with Crippen LogP contribution in [0.3, 0.4) is 0 Å². The summed E-state index contributed by atoms with van der Waals surface area (Å²) in [4.78, 5) is 48.5. The molecule has 1 spiro atoms. The summed E-state index contributed by atoms with van der Waals surface area (Å²) >= 11 is 6.64. The van der Waals surface area contributed by atoms with Crippen molar-refractivity contribution in [1.29, 1.82) is 0 Å². The van der Waals surface area contributed by atoms with Gasteiger partial charge in [-0.3, -0.25) is 14.4 Å². The van der Waals surface area contributed by atoms with Crippen LogP contribution in [0.25, 0.3) is 0 Å². The molecule has 220 valence electrons. The van der Waals surface area contributed by atoms with Gasteiger partial charge in [0.15, 0.2) is 0 Å². The van der Waals surface area contributed by atoms with E-state index in [0.717, 1.165) is 11.3 Å². The van der Waals surface area contributed by atoms with Gasteiger partial charge in [0, 0.05) is 18.8 Å². The Morgan fingerprint density at radius 3 is 2.40 bits per heavy atom. The number of ether oxygens (including phenoxy) is 1. The van der Waals surface area contributed by atoms with Gasteiger partial charge in [0.25, 0.3) is 5.91 Å². The highest BCUT2D eigenvalue weighted by atomic mass is 35.5. The molecule has 0 radical (unpaired) electrons. The summed E-state index contributed by atoms with van der Waals surface area (Å²) in [6, 6.07) is 13.1. The smallest absolute Gasteiger partial charge is 0.253 e. The molecule has 2 aromatic rings. The van der Waals surface area contributed by atoms with Crippen molar-refractivity contribution < 1.29 is 24.2 Å². The van der Waals surface area contributed by atoms with E-state index in [2.05, 4.69) is 0 Å². The molecule has 0 aliphatic carbocycles. The maximum atomic E-state index is 14.7. The molecule has 2 fully saturated rings. The van der Waals surface area contributed by atoms with Crippen molar-refractivity contribution in [3.8, 4) is 0 Å². The number of carbonyl (C=O) groups is 3. The quantitative estimate of drug-likeness (QED) is 0.512. The summed E-state index contributed by atoms with van der Waals surface area (Å²) in [5.74, 6) is -2.55. The number of halogens is 1. The Morgan fingerprint density at radius 1 is 0.976 bits per heavy atom. The van der Waals surface area contributed by atoms with Gasteiger partial charge in [-0.15, -0.1) is 0 Å². The van der Waals surface area contributed by atoms with Gasteiger partial charge in [-0.25, -0.2) is 0 Å². The summed E-state index contributed by atoms with van der Waals surface area (Å²) in [5.41, 5.74) is 0.734. The van der Waals surface area contributed by atoms with Crippen LogP contribution in [-0.4, -0.2) is 71.2 Å². The molecule has 0 saturated carbocycles. The summed E-state index contributed by atoms with van der Waals surface area (Å²) < 4.78 is 6.77. The Kier molecular flexibility index (Phi) is 7.50. The predicted octanol–water partition coefficient (Wildman–Crippen LogP) is 4.14. The third-order valence-corrected chi connectivity index (χ3v) is 9.28. The molecule has 1 unspecified atom stereocenters. The van der Waals surface area contributed by atoms with Crippen LogP contribution in [0.1, 0.15) is 25.8 Å². The molecule has 6 atom stereocenters. The molecule has 0 aromatic heterocycles. The Hall–Kier alpha value is -3.46. The largest absolute Gasteiger partial charge is 0.394 e. The highest BCUT2D eigenvalue weighted by Gasteiger charge is 2.72. The van der Waals surface area contributed by atoms with Gasteiger partial charge in [-0.2, -0.15) is 0 Å². The first kappa shape index (κ1) is 28.6. The van der Waals surface area contributed by atoms with E-state index in [1.165, 1.54) is 4.90 Å². The Bertz CT molecular complexity index is 1440. The van der Waals surface area contributed by atoms with Crippen molar-refractivity contribution in [3.63, 3.8) is 0 Å². The fourth-order valence-corrected chi connectivity index (χ4v) is 7.62. The molecule has 2 saturated heterocycles. The molecule has 3 amide bonds. The summed E-state index contributed by atoms with van der Waals surface area (Å²) in [7, 11) is 0. The highest BCUT2D eigenvalue weighted by molar-refractivity contribution is 6.34. The van der Waals surface area contributed by atoms with Gasteiger partial charge < -0.3 is 24.5 Å². The van der Waals surface area contributed by atoms with Gasteiger partial charge in [-0.05, 0) is 43.0 Å². The third-order valence-electron chi connectivity index (χ3n) is 8.97. The summed E-state index contributed by atoms with van der Waals surface area (Å²) in [6.45, 7) is 6.17. The fraction of sp³-hybridized carbons (Fsp3) is 0.424. The minimum absolute atomic E-state index is 0.148. The van der Waals surface area contributed by atoms with Crippen LogP contribution in [0.2, 0.25) is 5.02 Å². The number of benzene rings is 2. The predicted molar refractivity (Wildman–Crippen MR) is 161 cm³/mol. The summed E-state index contributed by atoms with van der Waals surface area (Å²) in [5, 5.41) is 11.0. The maximum absolute atomic E-state index is 14.7. The normalized spacial score (nSPS) is 29.5. The van der Waals surface area contributed by atoms with Crippen molar-refractivity contribution in [2.45, 2.75) is 51.0 Å². The molecule has 4 aliphatic rings. The van der Waals surface area contributed by atoms with E-state index in [-0.39, 0.29) is 36.8 Å². The van der Waals surface area contributed by atoms with Gasteiger partial charge in [-0.1, -0.05) is 80.1 Å². The molecule has 1 N–H and O–H groups in total. The lowest BCUT2D eigenvalue weighted by Crippen LogP contribution is -2.58. The zero-order valence-electron chi connectivity index (χ0n) is 24.0. The number of amides is 3. The second-order valence-electron chi connectivity index (χ2n) is 12.0. The van der Waals surface area contributed by atoms with Crippen molar-refractivity contribution in [2.24, 2.45) is 17.8 Å². The van der Waals surface area contributed by atoms with Crippen LogP contribution >= 0.6 is 11.6 Å². The van der Waals surface area contributed by atoms with E-state index in [1.54, 1.807) is 15.9 Å². The Labute approximate surface area is 251 Å². The first-order valence-corrected chi connectivity index (χ1v) is 15.0. The van der Waals surface area contributed by atoms with Crippen LogP contribution < -0.4 is 9.80 Å². The van der Waals surface area contributed by atoms with E-state index in [9.17, 15) is 19.5 Å². The zero-order chi connectivity index (χ0) is 29.8. The minimum Gasteiger partial charge on any atom is -0.394 e. The monoisotopic (exact) mass is 589 g/mol. The number of rotatable bonds is 6. The Balaban J connectivity index is 1.49. The second kappa shape index (κ2) is 11.0. The number of para-hydroxylation sites is 2. The SMILES string of the molecule is Cc1cccc(Cl)c1N1CC=C[C@]23O[C@H]4C=CCN(c5ccccc5)C(=O)[C@H]4[C@H]2C(=O)N([C@@H](CO)CC(C)C)C3C1=O. The molecular formula is C33H36ClN3O5. The highest BCUT2D eigenvalue weighted by Crippen LogP contribution is 2.54. The molecule has 2 aromatic carbocycles. The minimum atomic E-state index is -1.39. The van der Waals surface area contributed by atoms with Gasteiger partial charge in [0.1, 0.15) is 11.6 Å². The van der Waals surface area contributed by atoms with Crippen LogP contribution in [0.15, 0.2) is 72.8 Å².